The maximum Gasteiger partial charge on any atom is 0.255 e. The van der Waals surface area contributed by atoms with Gasteiger partial charge in [-0.25, -0.2) is 4.98 Å². The summed E-state index contributed by atoms with van der Waals surface area (Å²) in [4.78, 5) is 19.3. The van der Waals surface area contributed by atoms with Gasteiger partial charge in [0.1, 0.15) is 5.82 Å². The topological polar surface area (TPSA) is 57.3 Å². The van der Waals surface area contributed by atoms with Crippen molar-refractivity contribution < 1.29 is 4.79 Å². The number of nitrogens with zero attached hydrogens (tertiary/aromatic N) is 2. The Labute approximate surface area is 151 Å². The molecular formula is C20H32N4O. The summed E-state index contributed by atoms with van der Waals surface area (Å²) < 4.78 is 0. The fourth-order valence-electron chi connectivity index (χ4n) is 3.96. The van der Waals surface area contributed by atoms with Crippen molar-refractivity contribution in [1.82, 2.24) is 15.6 Å². The molecule has 0 bridgehead atoms. The SMILES string of the molecule is O=C(NCCNC1CCCCCC1)c1cccnc1N1CCCCC1. The molecule has 1 aromatic heterocycles. The summed E-state index contributed by atoms with van der Waals surface area (Å²) in [6.07, 6.45) is 13.4. The number of carbonyl (C=O) groups excluding carboxylic acids is 1. The molecule has 3 rings (SSSR count). The lowest BCUT2D eigenvalue weighted by Gasteiger charge is -2.29. The standard InChI is InChI=1S/C20H32N4O/c25-20(23-14-13-21-17-9-4-1-2-5-10-17)18-11-8-12-22-19(18)24-15-6-3-7-16-24/h8,11-12,17,21H,1-7,9-10,13-16H2,(H,23,25). The first kappa shape index (κ1) is 18.2. The molecule has 1 saturated heterocycles. The lowest BCUT2D eigenvalue weighted by atomic mass is 10.1. The first-order chi connectivity index (χ1) is 12.3. The molecule has 1 aromatic rings. The van der Waals surface area contributed by atoms with E-state index in [1.807, 2.05) is 12.1 Å². The van der Waals surface area contributed by atoms with E-state index in [0.717, 1.165) is 25.5 Å². The molecule has 1 aliphatic carbocycles. The fraction of sp³-hybridized carbons (Fsp3) is 0.700. The van der Waals surface area contributed by atoms with Crippen molar-refractivity contribution in [2.45, 2.75) is 63.8 Å². The van der Waals surface area contributed by atoms with Crippen molar-refractivity contribution in [2.75, 3.05) is 31.1 Å². The Morgan fingerprint density at radius 1 is 1.04 bits per heavy atom. The van der Waals surface area contributed by atoms with Gasteiger partial charge < -0.3 is 15.5 Å². The quantitative estimate of drug-likeness (QED) is 0.615. The van der Waals surface area contributed by atoms with Gasteiger partial charge in [-0.3, -0.25) is 4.79 Å². The second kappa shape index (κ2) is 9.76. The smallest absolute Gasteiger partial charge is 0.255 e. The highest BCUT2D eigenvalue weighted by molar-refractivity contribution is 5.98. The van der Waals surface area contributed by atoms with Crippen LogP contribution in [0.15, 0.2) is 18.3 Å². The van der Waals surface area contributed by atoms with Crippen molar-refractivity contribution in [2.24, 2.45) is 0 Å². The van der Waals surface area contributed by atoms with Gasteiger partial charge in [-0.15, -0.1) is 0 Å². The Hall–Kier alpha value is -1.62. The van der Waals surface area contributed by atoms with E-state index >= 15 is 0 Å². The molecule has 2 N–H and O–H groups in total. The largest absolute Gasteiger partial charge is 0.356 e. The van der Waals surface area contributed by atoms with Gasteiger partial charge in [0.2, 0.25) is 0 Å². The Bertz CT molecular complexity index is 534. The van der Waals surface area contributed by atoms with Crippen LogP contribution >= 0.6 is 0 Å². The van der Waals surface area contributed by atoms with Crippen LogP contribution in [0.2, 0.25) is 0 Å². The molecule has 0 aromatic carbocycles. The molecule has 1 amide bonds. The zero-order chi connectivity index (χ0) is 17.3. The number of amides is 1. The summed E-state index contributed by atoms with van der Waals surface area (Å²) in [6.45, 7) is 3.51. The lowest BCUT2D eigenvalue weighted by Crippen LogP contribution is -2.38. The van der Waals surface area contributed by atoms with Crippen molar-refractivity contribution in [3.05, 3.63) is 23.9 Å². The number of hydrogen-bond acceptors (Lipinski definition) is 4. The van der Waals surface area contributed by atoms with Gasteiger partial charge in [0.15, 0.2) is 0 Å². The fourth-order valence-corrected chi connectivity index (χ4v) is 3.96. The second-order valence-corrected chi connectivity index (χ2v) is 7.32. The van der Waals surface area contributed by atoms with Crippen LogP contribution in [0.4, 0.5) is 5.82 Å². The third-order valence-corrected chi connectivity index (χ3v) is 5.39. The number of piperidine rings is 1. The molecule has 2 heterocycles. The number of rotatable bonds is 6. The highest BCUT2D eigenvalue weighted by atomic mass is 16.1. The van der Waals surface area contributed by atoms with Crippen molar-refractivity contribution in [3.63, 3.8) is 0 Å². The number of aromatic nitrogens is 1. The summed E-state index contributed by atoms with van der Waals surface area (Å²) >= 11 is 0. The summed E-state index contributed by atoms with van der Waals surface area (Å²) in [5.74, 6) is 0.841. The molecule has 0 unspecified atom stereocenters. The molecule has 5 nitrogen and oxygen atoms in total. The van der Waals surface area contributed by atoms with E-state index in [4.69, 9.17) is 0 Å². The third kappa shape index (κ3) is 5.43. The van der Waals surface area contributed by atoms with Gasteiger partial charge in [-0.05, 0) is 44.2 Å². The average Bonchev–Trinajstić information content (AvgIpc) is 2.94. The van der Waals surface area contributed by atoms with Crippen LogP contribution in [-0.2, 0) is 0 Å². The molecule has 1 saturated carbocycles. The van der Waals surface area contributed by atoms with E-state index in [0.29, 0.717) is 18.2 Å². The Balaban J connectivity index is 1.48. The highest BCUT2D eigenvalue weighted by Gasteiger charge is 2.19. The van der Waals surface area contributed by atoms with Gasteiger partial charge >= 0.3 is 0 Å². The number of anilines is 1. The predicted octanol–water partition coefficient (Wildman–Crippen LogP) is 3.11. The summed E-state index contributed by atoms with van der Waals surface area (Å²) in [5, 5.41) is 6.67. The maximum atomic E-state index is 12.6. The number of carbonyl (C=O) groups is 1. The minimum Gasteiger partial charge on any atom is -0.356 e. The minimum atomic E-state index is -0.00339. The molecule has 0 radical (unpaired) electrons. The van der Waals surface area contributed by atoms with Crippen LogP contribution in [0.3, 0.4) is 0 Å². The van der Waals surface area contributed by atoms with E-state index in [1.54, 1.807) is 6.20 Å². The van der Waals surface area contributed by atoms with Gasteiger partial charge in [0.05, 0.1) is 5.56 Å². The number of nitrogens with one attached hydrogen (secondary N) is 2. The van der Waals surface area contributed by atoms with Crippen LogP contribution in [0.25, 0.3) is 0 Å². The molecule has 5 heteroatoms. The van der Waals surface area contributed by atoms with Crippen LogP contribution in [-0.4, -0.2) is 43.1 Å². The lowest BCUT2D eigenvalue weighted by molar-refractivity contribution is 0.0953. The zero-order valence-corrected chi connectivity index (χ0v) is 15.3. The number of hydrogen-bond donors (Lipinski definition) is 2. The second-order valence-electron chi connectivity index (χ2n) is 7.32. The van der Waals surface area contributed by atoms with Crippen LogP contribution in [0.5, 0.6) is 0 Å². The van der Waals surface area contributed by atoms with E-state index in [9.17, 15) is 4.79 Å². The monoisotopic (exact) mass is 344 g/mol. The molecule has 25 heavy (non-hydrogen) atoms. The van der Waals surface area contributed by atoms with E-state index in [1.165, 1.54) is 57.8 Å². The summed E-state index contributed by atoms with van der Waals surface area (Å²) in [5.41, 5.74) is 0.707. The zero-order valence-electron chi connectivity index (χ0n) is 15.3. The summed E-state index contributed by atoms with van der Waals surface area (Å²) in [7, 11) is 0. The average molecular weight is 345 g/mol. The molecule has 0 spiro atoms. The maximum absolute atomic E-state index is 12.6. The minimum absolute atomic E-state index is 0.00339. The van der Waals surface area contributed by atoms with Gasteiger partial charge in [-0.1, -0.05) is 25.7 Å². The van der Waals surface area contributed by atoms with E-state index in [2.05, 4.69) is 20.5 Å². The van der Waals surface area contributed by atoms with Crippen LogP contribution in [0, 0.1) is 0 Å². The first-order valence-electron chi connectivity index (χ1n) is 10.1. The molecular weight excluding hydrogens is 312 g/mol. The summed E-state index contributed by atoms with van der Waals surface area (Å²) in [6, 6.07) is 4.37. The first-order valence-corrected chi connectivity index (χ1v) is 10.1. The van der Waals surface area contributed by atoms with Crippen molar-refractivity contribution >= 4 is 11.7 Å². The number of pyridine rings is 1. The molecule has 0 atom stereocenters. The van der Waals surface area contributed by atoms with Gasteiger partial charge in [0.25, 0.3) is 5.91 Å². The predicted molar refractivity (Wildman–Crippen MR) is 102 cm³/mol. The van der Waals surface area contributed by atoms with E-state index < -0.39 is 0 Å². The molecule has 2 fully saturated rings. The Morgan fingerprint density at radius 3 is 2.52 bits per heavy atom. The molecule has 1 aliphatic heterocycles. The molecule has 2 aliphatic rings. The molecule has 138 valence electrons. The Morgan fingerprint density at radius 2 is 1.76 bits per heavy atom. The van der Waals surface area contributed by atoms with Crippen molar-refractivity contribution in [1.29, 1.82) is 0 Å². The Kier molecular flexibility index (Phi) is 7.10. The highest BCUT2D eigenvalue weighted by Crippen LogP contribution is 2.21. The normalized spacial score (nSPS) is 19.4. The van der Waals surface area contributed by atoms with Gasteiger partial charge in [-0.2, -0.15) is 0 Å². The van der Waals surface area contributed by atoms with Crippen molar-refractivity contribution in [3.8, 4) is 0 Å². The third-order valence-electron chi connectivity index (χ3n) is 5.39. The van der Waals surface area contributed by atoms with Crippen LogP contribution in [0.1, 0.15) is 68.1 Å². The van der Waals surface area contributed by atoms with E-state index in [-0.39, 0.29) is 5.91 Å². The van der Waals surface area contributed by atoms with Crippen LogP contribution < -0.4 is 15.5 Å². The van der Waals surface area contributed by atoms with Gasteiger partial charge in [0, 0.05) is 38.4 Å².